The van der Waals surface area contributed by atoms with Crippen LogP contribution in [0.15, 0.2) is 36.5 Å². The third-order valence-corrected chi connectivity index (χ3v) is 3.17. The number of nitrogen functional groups attached to an aromatic ring is 1. The van der Waals surface area contributed by atoms with E-state index in [0.29, 0.717) is 22.3 Å². The second-order valence-corrected chi connectivity index (χ2v) is 5.25. The van der Waals surface area contributed by atoms with E-state index in [1.807, 2.05) is 0 Å². The molecule has 6 heteroatoms. The average molecular weight is 310 g/mol. The summed E-state index contributed by atoms with van der Waals surface area (Å²) in [5.74, 6) is -0.251. The van der Waals surface area contributed by atoms with Crippen LogP contribution in [0.5, 0.6) is 0 Å². The van der Waals surface area contributed by atoms with Crippen LogP contribution in [0.1, 0.15) is 16.1 Å². The van der Waals surface area contributed by atoms with Gasteiger partial charge >= 0.3 is 0 Å². The standard InChI is InChI=1S/C14H13Cl2N3O/c1-19(8-9-5-10(15)7-11(16)6-9)14(20)13-12(17)3-2-4-18-13/h2-7H,8,17H2,1H3. The van der Waals surface area contributed by atoms with E-state index in [9.17, 15) is 4.79 Å². The number of halogens is 2. The lowest BCUT2D eigenvalue weighted by Crippen LogP contribution is -2.27. The van der Waals surface area contributed by atoms with Crippen LogP contribution in [0, 0.1) is 0 Å². The number of nitrogens with zero attached hydrogens (tertiary/aromatic N) is 2. The first-order valence-corrected chi connectivity index (χ1v) is 6.64. The minimum absolute atomic E-state index is 0.239. The van der Waals surface area contributed by atoms with E-state index in [1.165, 1.54) is 11.1 Å². The van der Waals surface area contributed by atoms with Crippen molar-refractivity contribution in [2.45, 2.75) is 6.54 Å². The van der Waals surface area contributed by atoms with Crippen molar-refractivity contribution in [3.63, 3.8) is 0 Å². The Hall–Kier alpha value is -1.78. The van der Waals surface area contributed by atoms with Gasteiger partial charge in [0.1, 0.15) is 0 Å². The molecule has 104 valence electrons. The zero-order chi connectivity index (χ0) is 14.7. The molecule has 0 aliphatic rings. The third-order valence-electron chi connectivity index (χ3n) is 2.73. The molecule has 1 aromatic heterocycles. The first-order valence-electron chi connectivity index (χ1n) is 5.88. The van der Waals surface area contributed by atoms with Crippen LogP contribution in [0.25, 0.3) is 0 Å². The molecule has 4 nitrogen and oxygen atoms in total. The number of benzene rings is 1. The monoisotopic (exact) mass is 309 g/mol. The molecule has 2 aromatic rings. The van der Waals surface area contributed by atoms with Gasteiger partial charge in [-0.25, -0.2) is 4.98 Å². The number of nitrogens with two attached hydrogens (primary N) is 1. The summed E-state index contributed by atoms with van der Waals surface area (Å²) in [4.78, 5) is 17.8. The lowest BCUT2D eigenvalue weighted by molar-refractivity contribution is 0.0780. The molecule has 20 heavy (non-hydrogen) atoms. The maximum Gasteiger partial charge on any atom is 0.274 e. The van der Waals surface area contributed by atoms with E-state index in [1.54, 1.807) is 37.4 Å². The predicted molar refractivity (Wildman–Crippen MR) is 80.9 cm³/mol. The normalized spacial score (nSPS) is 10.3. The largest absolute Gasteiger partial charge is 0.397 e. The molecule has 2 rings (SSSR count). The first kappa shape index (κ1) is 14.6. The van der Waals surface area contributed by atoms with Gasteiger partial charge in [-0.2, -0.15) is 0 Å². The van der Waals surface area contributed by atoms with Gasteiger partial charge in [-0.05, 0) is 35.9 Å². The second kappa shape index (κ2) is 6.11. The molecular weight excluding hydrogens is 297 g/mol. The van der Waals surface area contributed by atoms with Crippen molar-refractivity contribution in [3.8, 4) is 0 Å². The molecule has 0 unspecified atom stereocenters. The molecule has 0 spiro atoms. The summed E-state index contributed by atoms with van der Waals surface area (Å²) in [5, 5.41) is 1.07. The van der Waals surface area contributed by atoms with Crippen LogP contribution in [0.3, 0.4) is 0 Å². The Morgan fingerprint density at radius 2 is 1.95 bits per heavy atom. The molecule has 1 aromatic carbocycles. The zero-order valence-corrected chi connectivity index (χ0v) is 12.3. The van der Waals surface area contributed by atoms with E-state index < -0.39 is 0 Å². The van der Waals surface area contributed by atoms with Crippen LogP contribution in [0.2, 0.25) is 10.0 Å². The molecule has 0 radical (unpaired) electrons. The summed E-state index contributed by atoms with van der Waals surface area (Å²) in [6.45, 7) is 0.370. The quantitative estimate of drug-likeness (QED) is 0.947. The van der Waals surface area contributed by atoms with Crippen LogP contribution in [0.4, 0.5) is 5.69 Å². The smallest absolute Gasteiger partial charge is 0.274 e. The van der Waals surface area contributed by atoms with E-state index >= 15 is 0 Å². The molecule has 0 saturated carbocycles. The van der Waals surface area contributed by atoms with Crippen LogP contribution >= 0.6 is 23.2 Å². The Balaban J connectivity index is 2.18. The molecule has 0 saturated heterocycles. The fourth-order valence-electron chi connectivity index (χ4n) is 1.83. The number of carbonyl (C=O) groups excluding carboxylic acids is 1. The SMILES string of the molecule is CN(Cc1cc(Cl)cc(Cl)c1)C(=O)c1ncccc1N. The number of hydrogen-bond acceptors (Lipinski definition) is 3. The maximum atomic E-state index is 12.3. The third kappa shape index (κ3) is 3.40. The lowest BCUT2D eigenvalue weighted by atomic mass is 10.2. The van der Waals surface area contributed by atoms with Crippen LogP contribution in [-0.2, 0) is 6.54 Å². The molecule has 0 bridgehead atoms. The van der Waals surface area contributed by atoms with E-state index in [2.05, 4.69) is 4.98 Å². The molecule has 1 amide bonds. The fraction of sp³-hybridized carbons (Fsp3) is 0.143. The Kier molecular flexibility index (Phi) is 4.47. The number of hydrogen-bond donors (Lipinski definition) is 1. The first-order chi connectivity index (χ1) is 9.47. The Labute approximate surface area is 127 Å². The molecule has 0 fully saturated rings. The van der Waals surface area contributed by atoms with Gasteiger partial charge in [0.15, 0.2) is 5.69 Å². The molecule has 0 aliphatic heterocycles. The molecule has 0 aliphatic carbocycles. The summed E-state index contributed by atoms with van der Waals surface area (Å²) in [7, 11) is 1.67. The van der Waals surface area contributed by atoms with Gasteiger partial charge in [-0.3, -0.25) is 4.79 Å². The second-order valence-electron chi connectivity index (χ2n) is 4.38. The minimum atomic E-state index is -0.251. The van der Waals surface area contributed by atoms with Gasteiger partial charge in [0, 0.05) is 29.8 Å². The maximum absolute atomic E-state index is 12.3. The van der Waals surface area contributed by atoms with Crippen molar-refractivity contribution < 1.29 is 4.79 Å². The number of amides is 1. The van der Waals surface area contributed by atoms with E-state index in [-0.39, 0.29) is 11.6 Å². The minimum Gasteiger partial charge on any atom is -0.397 e. The van der Waals surface area contributed by atoms with Crippen molar-refractivity contribution in [1.29, 1.82) is 0 Å². The Bertz CT molecular complexity index is 626. The number of pyridine rings is 1. The highest BCUT2D eigenvalue weighted by atomic mass is 35.5. The number of rotatable bonds is 3. The zero-order valence-electron chi connectivity index (χ0n) is 10.8. The summed E-state index contributed by atoms with van der Waals surface area (Å²) < 4.78 is 0. The van der Waals surface area contributed by atoms with Gasteiger partial charge in [0.2, 0.25) is 0 Å². The summed E-state index contributed by atoms with van der Waals surface area (Å²) >= 11 is 11.9. The number of aromatic nitrogens is 1. The Morgan fingerprint density at radius 3 is 2.55 bits per heavy atom. The van der Waals surface area contributed by atoms with E-state index in [4.69, 9.17) is 28.9 Å². The van der Waals surface area contributed by atoms with Crippen LogP contribution in [-0.4, -0.2) is 22.8 Å². The van der Waals surface area contributed by atoms with E-state index in [0.717, 1.165) is 5.56 Å². The fourth-order valence-corrected chi connectivity index (χ4v) is 2.40. The highest BCUT2D eigenvalue weighted by molar-refractivity contribution is 6.34. The topological polar surface area (TPSA) is 59.2 Å². The summed E-state index contributed by atoms with van der Waals surface area (Å²) in [6.07, 6.45) is 1.54. The summed E-state index contributed by atoms with van der Waals surface area (Å²) in [6, 6.07) is 8.50. The van der Waals surface area contributed by atoms with Gasteiger partial charge in [0.05, 0.1) is 5.69 Å². The number of carbonyl (C=O) groups is 1. The highest BCUT2D eigenvalue weighted by Crippen LogP contribution is 2.20. The van der Waals surface area contributed by atoms with Crippen molar-refractivity contribution in [2.75, 3.05) is 12.8 Å². The summed E-state index contributed by atoms with van der Waals surface area (Å²) in [5.41, 5.74) is 7.18. The Morgan fingerprint density at radius 1 is 1.30 bits per heavy atom. The highest BCUT2D eigenvalue weighted by Gasteiger charge is 2.16. The molecule has 0 atom stereocenters. The molecule has 2 N–H and O–H groups in total. The average Bonchev–Trinajstić information content (AvgIpc) is 2.37. The van der Waals surface area contributed by atoms with Crippen LogP contribution < -0.4 is 5.73 Å². The van der Waals surface area contributed by atoms with Gasteiger partial charge in [0.25, 0.3) is 5.91 Å². The van der Waals surface area contributed by atoms with Gasteiger partial charge in [-0.15, -0.1) is 0 Å². The predicted octanol–water partition coefficient (Wildman–Crippen LogP) is 3.24. The lowest BCUT2D eigenvalue weighted by Gasteiger charge is -2.18. The van der Waals surface area contributed by atoms with Crippen molar-refractivity contribution in [3.05, 3.63) is 57.8 Å². The van der Waals surface area contributed by atoms with Crippen molar-refractivity contribution >= 4 is 34.8 Å². The number of anilines is 1. The van der Waals surface area contributed by atoms with Gasteiger partial charge in [-0.1, -0.05) is 23.2 Å². The van der Waals surface area contributed by atoms with Crippen molar-refractivity contribution in [2.24, 2.45) is 0 Å². The molecule has 1 heterocycles. The van der Waals surface area contributed by atoms with Gasteiger partial charge < -0.3 is 10.6 Å². The molecular formula is C14H13Cl2N3O. The van der Waals surface area contributed by atoms with Crippen molar-refractivity contribution in [1.82, 2.24) is 9.88 Å².